The standard InChI is InChI=1S/C7H13NO/c8-5-1-2-7(9)6-3-4-6/h9H,1-5,8H2. The van der Waals surface area contributed by atoms with Crippen molar-refractivity contribution in [2.24, 2.45) is 5.73 Å². The predicted octanol–water partition coefficient (Wildman–Crippen LogP) is 1.33. The van der Waals surface area contributed by atoms with Crippen molar-refractivity contribution < 1.29 is 5.11 Å². The van der Waals surface area contributed by atoms with Crippen molar-refractivity contribution in [1.29, 1.82) is 0 Å². The van der Waals surface area contributed by atoms with Crippen LogP contribution < -0.4 is 5.73 Å². The molecule has 1 aliphatic carbocycles. The molecule has 3 N–H and O–H groups in total. The molecule has 1 rings (SSSR count). The summed E-state index contributed by atoms with van der Waals surface area (Å²) in [6.45, 7) is 0.678. The van der Waals surface area contributed by atoms with Gasteiger partial charge in [-0.1, -0.05) is 0 Å². The van der Waals surface area contributed by atoms with Crippen molar-refractivity contribution >= 4 is 0 Å². The molecule has 0 saturated heterocycles. The summed E-state index contributed by atoms with van der Waals surface area (Å²) in [7, 11) is 0. The lowest BCUT2D eigenvalue weighted by Gasteiger charge is -1.94. The maximum Gasteiger partial charge on any atom is 0.0915 e. The Morgan fingerprint density at radius 1 is 1.56 bits per heavy atom. The van der Waals surface area contributed by atoms with Crippen LogP contribution >= 0.6 is 0 Å². The van der Waals surface area contributed by atoms with Crippen LogP contribution in [0.2, 0.25) is 0 Å². The molecule has 0 aromatic heterocycles. The summed E-state index contributed by atoms with van der Waals surface area (Å²) in [5.41, 5.74) is 6.50. The SMILES string of the molecule is NCCCC(O)=C1CC1. The first-order valence-corrected chi connectivity index (χ1v) is 3.44. The fraction of sp³-hybridized carbons (Fsp3) is 0.714. The number of aliphatic hydroxyl groups excluding tert-OH is 1. The molecule has 1 saturated carbocycles. The smallest absolute Gasteiger partial charge is 0.0915 e. The van der Waals surface area contributed by atoms with Gasteiger partial charge in [0.25, 0.3) is 0 Å². The number of aliphatic hydroxyl groups is 1. The maximum absolute atomic E-state index is 9.14. The van der Waals surface area contributed by atoms with Gasteiger partial charge in [0.1, 0.15) is 0 Å². The van der Waals surface area contributed by atoms with Gasteiger partial charge in [0.2, 0.25) is 0 Å². The predicted molar refractivity (Wildman–Crippen MR) is 37.2 cm³/mol. The molecule has 0 spiro atoms. The zero-order chi connectivity index (χ0) is 6.69. The first kappa shape index (κ1) is 6.62. The fourth-order valence-electron chi connectivity index (χ4n) is 0.797. The van der Waals surface area contributed by atoms with E-state index in [4.69, 9.17) is 10.8 Å². The highest BCUT2D eigenvalue weighted by atomic mass is 16.3. The third-order valence-corrected chi connectivity index (χ3v) is 1.53. The van der Waals surface area contributed by atoms with E-state index < -0.39 is 0 Å². The van der Waals surface area contributed by atoms with E-state index in [-0.39, 0.29) is 0 Å². The molecule has 0 heterocycles. The summed E-state index contributed by atoms with van der Waals surface area (Å²) >= 11 is 0. The van der Waals surface area contributed by atoms with Gasteiger partial charge < -0.3 is 10.8 Å². The molecular formula is C7H13NO. The Labute approximate surface area is 55.4 Å². The molecule has 0 amide bonds. The highest BCUT2D eigenvalue weighted by molar-refractivity contribution is 5.20. The minimum absolute atomic E-state index is 0.598. The van der Waals surface area contributed by atoms with Gasteiger partial charge in [0.15, 0.2) is 0 Å². The van der Waals surface area contributed by atoms with E-state index in [1.807, 2.05) is 0 Å². The molecule has 2 heteroatoms. The van der Waals surface area contributed by atoms with E-state index in [1.54, 1.807) is 0 Å². The average molecular weight is 127 g/mol. The second-order valence-electron chi connectivity index (χ2n) is 2.44. The normalized spacial score (nSPS) is 15.9. The summed E-state index contributed by atoms with van der Waals surface area (Å²) < 4.78 is 0. The zero-order valence-electron chi connectivity index (χ0n) is 5.56. The van der Waals surface area contributed by atoms with Gasteiger partial charge in [0.05, 0.1) is 5.76 Å². The molecule has 1 fully saturated rings. The molecule has 1 aliphatic rings. The van der Waals surface area contributed by atoms with Gasteiger partial charge in [-0.25, -0.2) is 0 Å². The summed E-state index contributed by atoms with van der Waals surface area (Å²) in [5, 5.41) is 9.14. The first-order valence-electron chi connectivity index (χ1n) is 3.44. The van der Waals surface area contributed by atoms with Crippen molar-refractivity contribution in [3.63, 3.8) is 0 Å². The summed E-state index contributed by atoms with van der Waals surface area (Å²) in [4.78, 5) is 0. The molecule has 0 unspecified atom stereocenters. The van der Waals surface area contributed by atoms with Crippen LogP contribution in [0.3, 0.4) is 0 Å². The van der Waals surface area contributed by atoms with Gasteiger partial charge in [-0.3, -0.25) is 0 Å². The third-order valence-electron chi connectivity index (χ3n) is 1.53. The van der Waals surface area contributed by atoms with Crippen molar-refractivity contribution in [3.05, 3.63) is 11.3 Å². The minimum Gasteiger partial charge on any atom is -0.512 e. The largest absolute Gasteiger partial charge is 0.512 e. The van der Waals surface area contributed by atoms with Crippen LogP contribution in [-0.4, -0.2) is 11.7 Å². The molecule has 2 nitrogen and oxygen atoms in total. The van der Waals surface area contributed by atoms with Gasteiger partial charge in [0, 0.05) is 6.42 Å². The molecule has 0 atom stereocenters. The molecule has 0 aromatic rings. The molecule has 0 bridgehead atoms. The van der Waals surface area contributed by atoms with E-state index in [1.165, 1.54) is 5.57 Å². The quantitative estimate of drug-likeness (QED) is 0.562. The van der Waals surface area contributed by atoms with Crippen LogP contribution in [0.4, 0.5) is 0 Å². The second kappa shape index (κ2) is 2.87. The van der Waals surface area contributed by atoms with Crippen LogP contribution in [0.15, 0.2) is 11.3 Å². The van der Waals surface area contributed by atoms with Gasteiger partial charge in [-0.2, -0.15) is 0 Å². The number of allylic oxidation sites excluding steroid dienone is 2. The van der Waals surface area contributed by atoms with Crippen molar-refractivity contribution in [3.8, 4) is 0 Å². The van der Waals surface area contributed by atoms with E-state index in [0.717, 1.165) is 25.7 Å². The van der Waals surface area contributed by atoms with E-state index in [2.05, 4.69) is 0 Å². The topological polar surface area (TPSA) is 46.2 Å². The van der Waals surface area contributed by atoms with Crippen molar-refractivity contribution in [2.45, 2.75) is 25.7 Å². The first-order chi connectivity index (χ1) is 4.34. The zero-order valence-corrected chi connectivity index (χ0v) is 5.56. The lowest BCUT2D eigenvalue weighted by Crippen LogP contribution is -1.98. The second-order valence-corrected chi connectivity index (χ2v) is 2.44. The molecule has 52 valence electrons. The van der Waals surface area contributed by atoms with Crippen LogP contribution in [0, 0.1) is 0 Å². The Balaban J connectivity index is 2.18. The van der Waals surface area contributed by atoms with Gasteiger partial charge >= 0.3 is 0 Å². The molecule has 0 radical (unpaired) electrons. The van der Waals surface area contributed by atoms with Crippen LogP contribution in [0.5, 0.6) is 0 Å². The Morgan fingerprint density at radius 2 is 2.22 bits per heavy atom. The summed E-state index contributed by atoms with van der Waals surface area (Å²) in [6.07, 6.45) is 3.91. The Bertz CT molecular complexity index is 123. The van der Waals surface area contributed by atoms with Crippen LogP contribution in [0.1, 0.15) is 25.7 Å². The fourth-order valence-corrected chi connectivity index (χ4v) is 0.797. The van der Waals surface area contributed by atoms with Crippen LogP contribution in [-0.2, 0) is 0 Å². The van der Waals surface area contributed by atoms with Gasteiger partial charge in [-0.05, 0) is 31.4 Å². The highest BCUT2D eigenvalue weighted by Gasteiger charge is 2.16. The molecule has 9 heavy (non-hydrogen) atoms. The molecule has 0 aliphatic heterocycles. The van der Waals surface area contributed by atoms with E-state index in [0.29, 0.717) is 12.3 Å². The number of hydrogen-bond acceptors (Lipinski definition) is 2. The van der Waals surface area contributed by atoms with E-state index >= 15 is 0 Å². The lowest BCUT2D eigenvalue weighted by atomic mass is 10.2. The minimum atomic E-state index is 0.598. The Morgan fingerprint density at radius 3 is 2.67 bits per heavy atom. The van der Waals surface area contributed by atoms with Crippen molar-refractivity contribution in [2.75, 3.05) is 6.54 Å². The monoisotopic (exact) mass is 127 g/mol. The number of hydrogen-bond donors (Lipinski definition) is 2. The highest BCUT2D eigenvalue weighted by Crippen LogP contribution is 2.31. The van der Waals surface area contributed by atoms with Crippen molar-refractivity contribution in [1.82, 2.24) is 0 Å². The average Bonchev–Trinajstić information content (AvgIpc) is 2.63. The molecular weight excluding hydrogens is 114 g/mol. The summed E-state index contributed by atoms with van der Waals surface area (Å²) in [6, 6.07) is 0. The number of nitrogens with two attached hydrogens (primary N) is 1. The summed E-state index contributed by atoms with van der Waals surface area (Å²) in [5.74, 6) is 0.598. The van der Waals surface area contributed by atoms with Gasteiger partial charge in [-0.15, -0.1) is 0 Å². The molecule has 0 aromatic carbocycles. The van der Waals surface area contributed by atoms with Crippen LogP contribution in [0.25, 0.3) is 0 Å². The third kappa shape index (κ3) is 2.06. The number of rotatable bonds is 3. The lowest BCUT2D eigenvalue weighted by molar-refractivity contribution is 0.382. The Kier molecular flexibility index (Phi) is 2.11. The maximum atomic E-state index is 9.14. The van der Waals surface area contributed by atoms with E-state index in [9.17, 15) is 0 Å². The Hall–Kier alpha value is -0.500.